The highest BCUT2D eigenvalue weighted by Crippen LogP contribution is 2.21. The Kier molecular flexibility index (Phi) is 5.69. The highest BCUT2D eigenvalue weighted by Gasteiger charge is 2.35. The number of halogens is 2. The molecule has 1 aliphatic heterocycles. The first-order valence-corrected chi connectivity index (χ1v) is 9.56. The van der Waals surface area contributed by atoms with Crippen LogP contribution in [-0.2, 0) is 22.7 Å². The highest BCUT2D eigenvalue weighted by molar-refractivity contribution is 6.13. The Morgan fingerprint density at radius 3 is 2.34 bits per heavy atom. The zero-order chi connectivity index (χ0) is 22.8. The smallest absolute Gasteiger partial charge is 0.329 e. The molecule has 4 rings (SSSR count). The Labute approximate surface area is 180 Å². The number of hydrogen-bond acceptors (Lipinski definition) is 4. The molecule has 0 aliphatic carbocycles. The fourth-order valence-corrected chi connectivity index (χ4v) is 3.36. The van der Waals surface area contributed by atoms with Gasteiger partial charge in [0, 0.05) is 12.7 Å². The van der Waals surface area contributed by atoms with Crippen LogP contribution in [0, 0.1) is 11.6 Å². The summed E-state index contributed by atoms with van der Waals surface area (Å²) >= 11 is 0. The van der Waals surface area contributed by atoms with Gasteiger partial charge in [0.25, 0.3) is 11.5 Å². The van der Waals surface area contributed by atoms with Crippen molar-refractivity contribution in [1.82, 2.24) is 20.0 Å². The molecule has 0 atom stereocenters. The number of nitrogens with zero attached hydrogens (tertiary/aromatic N) is 2. The van der Waals surface area contributed by atoms with E-state index in [0.29, 0.717) is 16.3 Å². The van der Waals surface area contributed by atoms with Crippen LogP contribution >= 0.6 is 0 Å². The summed E-state index contributed by atoms with van der Waals surface area (Å²) in [5.41, 5.74) is -0.00655. The molecule has 1 fully saturated rings. The second-order valence-electron chi connectivity index (χ2n) is 6.99. The average molecular weight is 440 g/mol. The van der Waals surface area contributed by atoms with E-state index >= 15 is 0 Å². The average Bonchev–Trinajstić information content (AvgIpc) is 3.22. The summed E-state index contributed by atoms with van der Waals surface area (Å²) in [5.74, 6) is -2.56. The molecule has 3 amide bonds. The number of methoxy groups -OCH3 is 1. The van der Waals surface area contributed by atoms with Gasteiger partial charge < -0.3 is 10.1 Å². The summed E-state index contributed by atoms with van der Waals surface area (Å²) in [6.07, 6.45) is 1.23. The first kappa shape index (κ1) is 21.2. The van der Waals surface area contributed by atoms with Gasteiger partial charge in [0.2, 0.25) is 0 Å². The van der Waals surface area contributed by atoms with Gasteiger partial charge in [-0.1, -0.05) is 24.3 Å². The topological polar surface area (TPSA) is 96.4 Å². The number of nitrogens with one attached hydrogen (secondary N) is 2. The van der Waals surface area contributed by atoms with Gasteiger partial charge in [0.1, 0.15) is 17.3 Å². The molecule has 0 radical (unpaired) electrons. The third kappa shape index (κ3) is 3.83. The number of aromatic amines is 1. The number of ether oxygens (including phenoxy) is 1. The van der Waals surface area contributed by atoms with Crippen molar-refractivity contribution in [2.24, 2.45) is 0 Å². The van der Waals surface area contributed by atoms with Crippen LogP contribution in [0.1, 0.15) is 16.8 Å². The summed E-state index contributed by atoms with van der Waals surface area (Å²) in [6.45, 7) is -0.548. The van der Waals surface area contributed by atoms with Crippen LogP contribution in [0.25, 0.3) is 11.8 Å². The summed E-state index contributed by atoms with van der Waals surface area (Å²) in [7, 11) is 1.45. The number of H-pyrrole nitrogens is 1. The van der Waals surface area contributed by atoms with Gasteiger partial charge in [0.05, 0.1) is 30.1 Å². The number of para-hydroxylation sites is 1. The van der Waals surface area contributed by atoms with Crippen molar-refractivity contribution in [3.8, 4) is 5.69 Å². The van der Waals surface area contributed by atoms with Crippen molar-refractivity contribution < 1.29 is 23.1 Å². The molecular weight excluding hydrogens is 422 g/mol. The number of amides is 3. The van der Waals surface area contributed by atoms with Crippen LogP contribution < -0.4 is 10.9 Å². The van der Waals surface area contributed by atoms with Crippen molar-refractivity contribution in [1.29, 1.82) is 0 Å². The van der Waals surface area contributed by atoms with Crippen LogP contribution in [0.4, 0.5) is 13.6 Å². The lowest BCUT2D eigenvalue weighted by Crippen LogP contribution is -2.31. The molecule has 1 aliphatic rings. The normalized spacial score (nSPS) is 15.0. The first-order chi connectivity index (χ1) is 15.4. The molecule has 0 bridgehead atoms. The number of urea groups is 1. The fraction of sp³-hybridized carbons (Fsp3) is 0.136. The van der Waals surface area contributed by atoms with Crippen molar-refractivity contribution in [3.63, 3.8) is 0 Å². The Bertz CT molecular complexity index is 1260. The summed E-state index contributed by atoms with van der Waals surface area (Å²) in [6, 6.07) is 11.2. The molecule has 2 N–H and O–H groups in total. The molecular formula is C22H18F2N4O4. The molecule has 3 aromatic rings. The van der Waals surface area contributed by atoms with Gasteiger partial charge in [-0.2, -0.15) is 0 Å². The van der Waals surface area contributed by atoms with Crippen molar-refractivity contribution in [2.45, 2.75) is 13.2 Å². The molecule has 32 heavy (non-hydrogen) atoms. The molecule has 0 unspecified atom stereocenters. The third-order valence-corrected chi connectivity index (χ3v) is 4.94. The Hall–Kier alpha value is -4.05. The molecule has 1 saturated heterocycles. The lowest BCUT2D eigenvalue weighted by Gasteiger charge is -2.13. The van der Waals surface area contributed by atoms with Crippen LogP contribution in [0.5, 0.6) is 0 Å². The lowest BCUT2D eigenvalue weighted by molar-refractivity contribution is -0.123. The van der Waals surface area contributed by atoms with Gasteiger partial charge in [-0.25, -0.2) is 18.3 Å². The monoisotopic (exact) mass is 440 g/mol. The minimum atomic E-state index is -0.873. The first-order valence-electron chi connectivity index (χ1n) is 9.56. The van der Waals surface area contributed by atoms with Crippen LogP contribution in [0.15, 0.2) is 59.0 Å². The van der Waals surface area contributed by atoms with E-state index in [1.165, 1.54) is 23.9 Å². The summed E-state index contributed by atoms with van der Waals surface area (Å²) < 4.78 is 34.4. The maximum absolute atomic E-state index is 14.0. The minimum absolute atomic E-state index is 0.0421. The lowest BCUT2D eigenvalue weighted by atomic mass is 10.1. The second-order valence-corrected chi connectivity index (χ2v) is 6.99. The predicted octanol–water partition coefficient (Wildman–Crippen LogP) is 2.68. The maximum atomic E-state index is 14.0. The number of carbonyl (C=O) groups excluding carboxylic acids is 2. The standard InChI is InChI=1S/C22H18F2N4O4/c1-32-12-19-14(20(29)28(26-19)13-6-3-2-4-7-13)10-18-21(30)27(22(31)25-18)11-15-16(23)8-5-9-17(15)24/h2-10,26H,11-12H2,1H3,(H,25,31). The predicted molar refractivity (Wildman–Crippen MR) is 111 cm³/mol. The van der Waals surface area contributed by atoms with E-state index in [0.717, 1.165) is 12.1 Å². The maximum Gasteiger partial charge on any atom is 0.329 e. The Morgan fingerprint density at radius 2 is 1.69 bits per heavy atom. The molecule has 0 saturated carbocycles. The summed E-state index contributed by atoms with van der Waals surface area (Å²) in [5, 5.41) is 5.29. The van der Waals surface area contributed by atoms with Gasteiger partial charge in [0.15, 0.2) is 0 Å². The van der Waals surface area contributed by atoms with Crippen molar-refractivity contribution in [2.75, 3.05) is 7.11 Å². The van der Waals surface area contributed by atoms with E-state index in [4.69, 9.17) is 4.74 Å². The number of benzene rings is 2. The van der Waals surface area contributed by atoms with Crippen LogP contribution in [-0.4, -0.2) is 33.7 Å². The minimum Gasteiger partial charge on any atom is -0.378 e. The SMILES string of the molecule is COCc1[nH]n(-c2ccccc2)c(=O)c1C=C1NC(=O)N(Cc2c(F)cccc2F)C1=O. The van der Waals surface area contributed by atoms with E-state index in [1.807, 2.05) is 0 Å². The van der Waals surface area contributed by atoms with E-state index in [2.05, 4.69) is 10.4 Å². The van der Waals surface area contributed by atoms with E-state index in [9.17, 15) is 23.2 Å². The van der Waals surface area contributed by atoms with Crippen LogP contribution in [0.2, 0.25) is 0 Å². The highest BCUT2D eigenvalue weighted by atomic mass is 19.1. The zero-order valence-electron chi connectivity index (χ0n) is 16.9. The molecule has 1 aromatic heterocycles. The Morgan fingerprint density at radius 1 is 1.00 bits per heavy atom. The zero-order valence-corrected chi connectivity index (χ0v) is 16.9. The summed E-state index contributed by atoms with van der Waals surface area (Å²) in [4.78, 5) is 38.8. The van der Waals surface area contributed by atoms with E-state index < -0.39 is 41.2 Å². The van der Waals surface area contributed by atoms with Gasteiger partial charge in [-0.05, 0) is 30.3 Å². The van der Waals surface area contributed by atoms with Gasteiger partial charge in [-0.15, -0.1) is 0 Å². The van der Waals surface area contributed by atoms with Gasteiger partial charge in [-0.3, -0.25) is 19.6 Å². The van der Waals surface area contributed by atoms with Crippen molar-refractivity contribution >= 4 is 18.0 Å². The van der Waals surface area contributed by atoms with Crippen molar-refractivity contribution in [3.05, 3.63) is 93.0 Å². The van der Waals surface area contributed by atoms with E-state index in [1.54, 1.807) is 30.3 Å². The molecule has 2 heterocycles. The van der Waals surface area contributed by atoms with Gasteiger partial charge >= 0.3 is 6.03 Å². The van der Waals surface area contributed by atoms with Crippen LogP contribution in [0.3, 0.4) is 0 Å². The molecule has 8 nitrogen and oxygen atoms in total. The number of rotatable bonds is 6. The number of hydrogen-bond donors (Lipinski definition) is 2. The fourth-order valence-electron chi connectivity index (χ4n) is 3.36. The number of carbonyl (C=O) groups is 2. The molecule has 10 heteroatoms. The third-order valence-electron chi connectivity index (χ3n) is 4.94. The number of imide groups is 1. The number of aromatic nitrogens is 2. The molecule has 2 aromatic carbocycles. The second kappa shape index (κ2) is 8.60. The Balaban J connectivity index is 1.70. The molecule has 0 spiro atoms. The largest absolute Gasteiger partial charge is 0.378 e. The van der Waals surface area contributed by atoms with E-state index in [-0.39, 0.29) is 17.9 Å². The molecule has 164 valence electrons. The quantitative estimate of drug-likeness (QED) is 0.455.